The standard InChI is InChI=1S/C11H15F2N/c1-11(2,3)5-8-4-9(10(12)13)7-14-6-8/h4,6-7,10H,5H2,1-3H3. The molecule has 1 aromatic heterocycles. The fourth-order valence-electron chi connectivity index (χ4n) is 1.34. The first-order valence-electron chi connectivity index (χ1n) is 4.60. The minimum Gasteiger partial charge on any atom is -0.264 e. The largest absolute Gasteiger partial charge is 0.265 e. The van der Waals surface area contributed by atoms with E-state index in [1.165, 1.54) is 12.3 Å². The average Bonchev–Trinajstić information content (AvgIpc) is 2.01. The van der Waals surface area contributed by atoms with Crippen molar-refractivity contribution in [1.82, 2.24) is 4.98 Å². The van der Waals surface area contributed by atoms with Crippen LogP contribution in [-0.2, 0) is 6.42 Å². The van der Waals surface area contributed by atoms with Gasteiger partial charge in [0.15, 0.2) is 0 Å². The van der Waals surface area contributed by atoms with E-state index in [0.29, 0.717) is 0 Å². The summed E-state index contributed by atoms with van der Waals surface area (Å²) in [6, 6.07) is 1.53. The molecule has 0 radical (unpaired) electrons. The zero-order chi connectivity index (χ0) is 10.8. The third kappa shape index (κ3) is 3.40. The molecule has 3 heteroatoms. The van der Waals surface area contributed by atoms with E-state index in [-0.39, 0.29) is 11.0 Å². The molecule has 0 saturated carbocycles. The minimum absolute atomic E-state index is 0.00625. The average molecular weight is 199 g/mol. The summed E-state index contributed by atoms with van der Waals surface area (Å²) < 4.78 is 24.7. The molecule has 0 aromatic carbocycles. The number of nitrogens with zero attached hydrogens (tertiary/aromatic N) is 1. The maximum Gasteiger partial charge on any atom is 0.265 e. The van der Waals surface area contributed by atoms with Crippen molar-refractivity contribution in [3.05, 3.63) is 29.6 Å². The molecule has 0 atom stereocenters. The summed E-state index contributed by atoms with van der Waals surface area (Å²) in [5.74, 6) is 0. The molecule has 0 N–H and O–H groups in total. The van der Waals surface area contributed by atoms with Crippen LogP contribution in [0.3, 0.4) is 0 Å². The fraction of sp³-hybridized carbons (Fsp3) is 0.545. The van der Waals surface area contributed by atoms with E-state index in [2.05, 4.69) is 25.8 Å². The van der Waals surface area contributed by atoms with Crippen molar-refractivity contribution < 1.29 is 8.78 Å². The number of aromatic nitrogens is 1. The molecule has 0 aliphatic heterocycles. The zero-order valence-corrected chi connectivity index (χ0v) is 8.72. The Balaban J connectivity index is 2.84. The van der Waals surface area contributed by atoms with Gasteiger partial charge in [-0.3, -0.25) is 4.98 Å². The molecule has 0 fully saturated rings. The molecule has 0 saturated heterocycles. The molecular formula is C11H15F2N. The summed E-state index contributed by atoms with van der Waals surface area (Å²) in [6.45, 7) is 6.21. The minimum atomic E-state index is -2.43. The predicted octanol–water partition coefficient (Wildman–Crippen LogP) is 3.61. The second kappa shape index (κ2) is 4.03. The smallest absolute Gasteiger partial charge is 0.264 e. The summed E-state index contributed by atoms with van der Waals surface area (Å²) in [4.78, 5) is 3.81. The molecule has 1 rings (SSSR count). The lowest BCUT2D eigenvalue weighted by molar-refractivity contribution is 0.150. The predicted molar refractivity (Wildman–Crippen MR) is 52.4 cm³/mol. The normalized spacial score (nSPS) is 12.1. The molecule has 1 aromatic rings. The molecule has 1 heterocycles. The number of pyridine rings is 1. The van der Waals surface area contributed by atoms with Crippen LogP contribution in [0.4, 0.5) is 8.78 Å². The summed E-state index contributed by atoms with van der Waals surface area (Å²) in [5, 5.41) is 0. The number of rotatable bonds is 2. The first-order chi connectivity index (χ1) is 6.38. The Morgan fingerprint density at radius 1 is 1.29 bits per heavy atom. The van der Waals surface area contributed by atoms with Crippen molar-refractivity contribution in [3.8, 4) is 0 Å². The first kappa shape index (κ1) is 11.1. The Kier molecular flexibility index (Phi) is 3.19. The van der Waals surface area contributed by atoms with E-state index in [1.54, 1.807) is 6.20 Å². The number of halogens is 2. The van der Waals surface area contributed by atoms with Crippen LogP contribution in [0.2, 0.25) is 0 Å². The Morgan fingerprint density at radius 3 is 2.43 bits per heavy atom. The summed E-state index contributed by atoms with van der Waals surface area (Å²) in [7, 11) is 0. The van der Waals surface area contributed by atoms with E-state index in [0.717, 1.165) is 12.0 Å². The lowest BCUT2D eigenvalue weighted by atomic mass is 9.88. The van der Waals surface area contributed by atoms with Gasteiger partial charge in [-0.25, -0.2) is 8.78 Å². The molecule has 0 amide bonds. The third-order valence-electron chi connectivity index (χ3n) is 1.80. The maximum absolute atomic E-state index is 12.3. The zero-order valence-electron chi connectivity index (χ0n) is 8.72. The lowest BCUT2D eigenvalue weighted by Crippen LogP contribution is -2.09. The van der Waals surface area contributed by atoms with Gasteiger partial charge in [0.05, 0.1) is 0 Å². The number of hydrogen-bond donors (Lipinski definition) is 0. The van der Waals surface area contributed by atoms with Gasteiger partial charge < -0.3 is 0 Å². The molecule has 78 valence electrons. The monoisotopic (exact) mass is 199 g/mol. The van der Waals surface area contributed by atoms with Crippen LogP contribution >= 0.6 is 0 Å². The summed E-state index contributed by atoms with van der Waals surface area (Å²) in [5.41, 5.74) is 0.977. The molecular weight excluding hydrogens is 184 g/mol. The highest BCUT2D eigenvalue weighted by Crippen LogP contribution is 2.23. The number of hydrogen-bond acceptors (Lipinski definition) is 1. The van der Waals surface area contributed by atoms with Crippen LogP contribution < -0.4 is 0 Å². The van der Waals surface area contributed by atoms with Gasteiger partial charge in [0, 0.05) is 18.0 Å². The third-order valence-corrected chi connectivity index (χ3v) is 1.80. The van der Waals surface area contributed by atoms with Crippen LogP contribution in [0.15, 0.2) is 18.5 Å². The van der Waals surface area contributed by atoms with Crippen molar-refractivity contribution in [1.29, 1.82) is 0 Å². The van der Waals surface area contributed by atoms with Gasteiger partial charge in [-0.15, -0.1) is 0 Å². The van der Waals surface area contributed by atoms with E-state index in [1.807, 2.05) is 0 Å². The Morgan fingerprint density at radius 2 is 1.93 bits per heavy atom. The van der Waals surface area contributed by atoms with Crippen LogP contribution in [0.1, 0.15) is 38.3 Å². The van der Waals surface area contributed by atoms with Crippen molar-refractivity contribution in [2.45, 2.75) is 33.6 Å². The fourth-order valence-corrected chi connectivity index (χ4v) is 1.34. The Hall–Kier alpha value is -0.990. The highest BCUT2D eigenvalue weighted by Gasteiger charge is 2.13. The second-order valence-corrected chi connectivity index (χ2v) is 4.66. The van der Waals surface area contributed by atoms with Crippen LogP contribution in [-0.4, -0.2) is 4.98 Å². The quantitative estimate of drug-likeness (QED) is 0.709. The Bertz CT molecular complexity index is 302. The van der Waals surface area contributed by atoms with E-state index < -0.39 is 6.43 Å². The Labute approximate surface area is 83.2 Å². The van der Waals surface area contributed by atoms with Crippen LogP contribution in [0, 0.1) is 5.41 Å². The molecule has 1 nitrogen and oxygen atoms in total. The van der Waals surface area contributed by atoms with Gasteiger partial charge in [-0.05, 0) is 23.5 Å². The van der Waals surface area contributed by atoms with Crippen molar-refractivity contribution >= 4 is 0 Å². The van der Waals surface area contributed by atoms with Gasteiger partial charge in [0.25, 0.3) is 6.43 Å². The van der Waals surface area contributed by atoms with Gasteiger partial charge in [0.1, 0.15) is 0 Å². The van der Waals surface area contributed by atoms with Gasteiger partial charge in [-0.1, -0.05) is 20.8 Å². The molecule has 14 heavy (non-hydrogen) atoms. The van der Waals surface area contributed by atoms with Crippen LogP contribution in [0.25, 0.3) is 0 Å². The topological polar surface area (TPSA) is 12.9 Å². The van der Waals surface area contributed by atoms with Gasteiger partial charge in [0.2, 0.25) is 0 Å². The molecule has 0 aliphatic rings. The first-order valence-corrected chi connectivity index (χ1v) is 4.60. The summed E-state index contributed by atoms with van der Waals surface area (Å²) in [6.07, 6.45) is 1.21. The van der Waals surface area contributed by atoms with Crippen LogP contribution in [0.5, 0.6) is 0 Å². The van der Waals surface area contributed by atoms with Crippen molar-refractivity contribution in [2.24, 2.45) is 5.41 Å². The van der Waals surface area contributed by atoms with E-state index in [4.69, 9.17) is 0 Å². The molecule has 0 bridgehead atoms. The molecule has 0 unspecified atom stereocenters. The SMILES string of the molecule is CC(C)(C)Cc1cncc(C(F)F)c1. The van der Waals surface area contributed by atoms with Gasteiger partial charge in [-0.2, -0.15) is 0 Å². The van der Waals surface area contributed by atoms with Gasteiger partial charge >= 0.3 is 0 Å². The van der Waals surface area contributed by atoms with Crippen molar-refractivity contribution in [3.63, 3.8) is 0 Å². The maximum atomic E-state index is 12.3. The second-order valence-electron chi connectivity index (χ2n) is 4.66. The lowest BCUT2D eigenvalue weighted by Gasteiger charge is -2.18. The van der Waals surface area contributed by atoms with E-state index >= 15 is 0 Å². The number of alkyl halides is 2. The highest BCUT2D eigenvalue weighted by molar-refractivity contribution is 5.19. The molecule has 0 spiro atoms. The molecule has 0 aliphatic carbocycles. The highest BCUT2D eigenvalue weighted by atomic mass is 19.3. The van der Waals surface area contributed by atoms with E-state index in [9.17, 15) is 8.78 Å². The van der Waals surface area contributed by atoms with Crippen molar-refractivity contribution in [2.75, 3.05) is 0 Å². The summed E-state index contributed by atoms with van der Waals surface area (Å²) >= 11 is 0.